The summed E-state index contributed by atoms with van der Waals surface area (Å²) in [5.41, 5.74) is 1.43. The van der Waals surface area contributed by atoms with E-state index in [0.29, 0.717) is 18.5 Å². The van der Waals surface area contributed by atoms with E-state index in [1.807, 2.05) is 0 Å². The molecular formula is C12H14N2O3. The second kappa shape index (κ2) is 4.45. The number of benzene rings is 1. The molecule has 1 heterocycles. The highest BCUT2D eigenvalue weighted by Gasteiger charge is 2.27. The first-order valence-corrected chi connectivity index (χ1v) is 5.46. The number of carbonyl (C=O) groups excluding carboxylic acids is 2. The van der Waals surface area contributed by atoms with Crippen molar-refractivity contribution in [3.63, 3.8) is 0 Å². The summed E-state index contributed by atoms with van der Waals surface area (Å²) in [4.78, 5) is 22.8. The molecule has 17 heavy (non-hydrogen) atoms. The Morgan fingerprint density at radius 3 is 2.88 bits per heavy atom. The Morgan fingerprint density at radius 2 is 2.29 bits per heavy atom. The highest BCUT2D eigenvalue weighted by atomic mass is 16.3. The second-order valence-corrected chi connectivity index (χ2v) is 4.15. The third-order valence-electron chi connectivity index (χ3n) is 2.78. The second-order valence-electron chi connectivity index (χ2n) is 4.15. The summed E-state index contributed by atoms with van der Waals surface area (Å²) in [6.07, 6.45) is 0.925. The molecule has 1 aromatic carbocycles. The van der Waals surface area contributed by atoms with Gasteiger partial charge in [0.1, 0.15) is 11.8 Å². The van der Waals surface area contributed by atoms with Crippen LogP contribution in [0, 0.1) is 6.92 Å². The molecule has 1 aliphatic rings. The number of phenols is 1. The van der Waals surface area contributed by atoms with Crippen molar-refractivity contribution < 1.29 is 14.7 Å². The first kappa shape index (κ1) is 11.4. The average Bonchev–Trinajstić information content (AvgIpc) is 2.69. The molecule has 1 saturated heterocycles. The van der Waals surface area contributed by atoms with Crippen LogP contribution >= 0.6 is 0 Å². The molecule has 2 rings (SSSR count). The minimum absolute atomic E-state index is 0.0902. The maximum absolute atomic E-state index is 11.8. The van der Waals surface area contributed by atoms with E-state index in [4.69, 9.17) is 0 Å². The van der Waals surface area contributed by atoms with Gasteiger partial charge >= 0.3 is 0 Å². The van der Waals surface area contributed by atoms with Crippen LogP contribution < -0.4 is 10.6 Å². The predicted octanol–water partition coefficient (Wildman–Crippen LogP) is 0.918. The maximum atomic E-state index is 11.8. The fourth-order valence-corrected chi connectivity index (χ4v) is 1.82. The largest absolute Gasteiger partial charge is 0.508 e. The molecule has 5 heteroatoms. The average molecular weight is 234 g/mol. The Hall–Kier alpha value is -2.04. The van der Waals surface area contributed by atoms with Crippen LogP contribution in [0.2, 0.25) is 0 Å². The molecule has 3 N–H and O–H groups in total. The van der Waals surface area contributed by atoms with Gasteiger partial charge in [0.05, 0.1) is 0 Å². The number of amides is 2. The molecule has 1 unspecified atom stereocenters. The number of hydrogen-bond donors (Lipinski definition) is 3. The Labute approximate surface area is 98.8 Å². The van der Waals surface area contributed by atoms with Crippen molar-refractivity contribution in [3.8, 4) is 5.75 Å². The van der Waals surface area contributed by atoms with Crippen molar-refractivity contribution in [2.75, 3.05) is 5.32 Å². The number of aryl methyl sites for hydroxylation is 1. The van der Waals surface area contributed by atoms with Gasteiger partial charge in [-0.15, -0.1) is 0 Å². The normalized spacial score (nSPS) is 18.9. The van der Waals surface area contributed by atoms with Crippen LogP contribution in [0.5, 0.6) is 5.75 Å². The molecule has 0 aromatic heterocycles. The van der Waals surface area contributed by atoms with Crippen molar-refractivity contribution in [3.05, 3.63) is 23.8 Å². The molecule has 0 bridgehead atoms. The Bertz CT molecular complexity index is 471. The van der Waals surface area contributed by atoms with Gasteiger partial charge in [-0.05, 0) is 37.1 Å². The van der Waals surface area contributed by atoms with Gasteiger partial charge in [-0.3, -0.25) is 9.59 Å². The lowest BCUT2D eigenvalue weighted by molar-refractivity contribution is -0.122. The minimum Gasteiger partial charge on any atom is -0.508 e. The topological polar surface area (TPSA) is 78.4 Å². The smallest absolute Gasteiger partial charge is 0.246 e. The van der Waals surface area contributed by atoms with E-state index in [2.05, 4.69) is 10.6 Å². The third kappa shape index (κ3) is 2.55. The first-order valence-electron chi connectivity index (χ1n) is 5.46. The Balaban J connectivity index is 2.05. The van der Waals surface area contributed by atoms with Gasteiger partial charge in [-0.25, -0.2) is 0 Å². The number of phenolic OH excluding ortho intramolecular Hbond substituents is 1. The van der Waals surface area contributed by atoms with Crippen LogP contribution in [0.3, 0.4) is 0 Å². The van der Waals surface area contributed by atoms with Gasteiger partial charge in [0.2, 0.25) is 11.8 Å². The van der Waals surface area contributed by atoms with Crippen molar-refractivity contribution >= 4 is 17.5 Å². The van der Waals surface area contributed by atoms with Crippen LogP contribution in [-0.4, -0.2) is 23.0 Å². The Morgan fingerprint density at radius 1 is 1.53 bits per heavy atom. The highest BCUT2D eigenvalue weighted by Crippen LogP contribution is 2.20. The SMILES string of the molecule is Cc1cc(O)ccc1NC(=O)C1CCC(=O)N1. The Kier molecular flexibility index (Phi) is 2.99. The number of aromatic hydroxyl groups is 1. The summed E-state index contributed by atoms with van der Waals surface area (Å²) >= 11 is 0. The molecule has 2 amide bonds. The van der Waals surface area contributed by atoms with Gasteiger partial charge in [0, 0.05) is 12.1 Å². The molecule has 1 fully saturated rings. The minimum atomic E-state index is -0.448. The van der Waals surface area contributed by atoms with Crippen molar-refractivity contribution in [2.24, 2.45) is 0 Å². The fourth-order valence-electron chi connectivity index (χ4n) is 1.82. The molecule has 1 aliphatic heterocycles. The molecule has 5 nitrogen and oxygen atoms in total. The summed E-state index contributed by atoms with van der Waals surface area (Å²) in [5.74, 6) is -0.146. The van der Waals surface area contributed by atoms with E-state index in [1.165, 1.54) is 6.07 Å². The van der Waals surface area contributed by atoms with Gasteiger partial charge < -0.3 is 15.7 Å². The summed E-state index contributed by atoms with van der Waals surface area (Å²) in [7, 11) is 0. The summed E-state index contributed by atoms with van der Waals surface area (Å²) in [6, 6.07) is 4.27. The van der Waals surface area contributed by atoms with Crippen molar-refractivity contribution in [2.45, 2.75) is 25.8 Å². The monoisotopic (exact) mass is 234 g/mol. The van der Waals surface area contributed by atoms with Crippen molar-refractivity contribution in [1.82, 2.24) is 5.32 Å². The molecule has 90 valence electrons. The van der Waals surface area contributed by atoms with E-state index >= 15 is 0 Å². The van der Waals surface area contributed by atoms with Crippen LogP contribution in [0.1, 0.15) is 18.4 Å². The third-order valence-corrected chi connectivity index (χ3v) is 2.78. The molecule has 0 radical (unpaired) electrons. The number of carbonyl (C=O) groups is 2. The zero-order valence-electron chi connectivity index (χ0n) is 9.49. The molecular weight excluding hydrogens is 220 g/mol. The standard InChI is InChI=1S/C12H14N2O3/c1-7-6-8(15)2-3-9(7)14-12(17)10-4-5-11(16)13-10/h2-3,6,10,15H,4-5H2,1H3,(H,13,16)(H,14,17). The lowest BCUT2D eigenvalue weighted by atomic mass is 10.1. The van der Waals surface area contributed by atoms with E-state index in [1.54, 1.807) is 19.1 Å². The van der Waals surface area contributed by atoms with Gasteiger partial charge in [0.15, 0.2) is 0 Å². The van der Waals surface area contributed by atoms with Crippen LogP contribution in [0.4, 0.5) is 5.69 Å². The predicted molar refractivity (Wildman–Crippen MR) is 62.6 cm³/mol. The summed E-state index contributed by atoms with van der Waals surface area (Å²) < 4.78 is 0. The number of anilines is 1. The van der Waals surface area contributed by atoms with Crippen molar-refractivity contribution in [1.29, 1.82) is 0 Å². The number of rotatable bonds is 2. The summed E-state index contributed by atoms with van der Waals surface area (Å²) in [5, 5.41) is 14.6. The molecule has 1 atom stereocenters. The zero-order chi connectivity index (χ0) is 12.4. The van der Waals surface area contributed by atoms with Crippen LogP contribution in [-0.2, 0) is 9.59 Å². The van der Waals surface area contributed by atoms with E-state index < -0.39 is 6.04 Å². The molecule has 0 aliphatic carbocycles. The quantitative estimate of drug-likeness (QED) is 0.666. The summed E-state index contributed by atoms with van der Waals surface area (Å²) in [6.45, 7) is 1.79. The number of nitrogens with one attached hydrogen (secondary N) is 2. The maximum Gasteiger partial charge on any atom is 0.246 e. The molecule has 0 spiro atoms. The lowest BCUT2D eigenvalue weighted by Crippen LogP contribution is -2.37. The molecule has 1 aromatic rings. The highest BCUT2D eigenvalue weighted by molar-refractivity contribution is 5.99. The lowest BCUT2D eigenvalue weighted by Gasteiger charge is -2.12. The van der Waals surface area contributed by atoms with Crippen LogP contribution in [0.15, 0.2) is 18.2 Å². The van der Waals surface area contributed by atoms with E-state index in [0.717, 1.165) is 5.56 Å². The van der Waals surface area contributed by atoms with Gasteiger partial charge in [0.25, 0.3) is 0 Å². The first-order chi connectivity index (χ1) is 8.06. The molecule has 0 saturated carbocycles. The zero-order valence-corrected chi connectivity index (χ0v) is 9.49. The van der Waals surface area contributed by atoms with E-state index in [-0.39, 0.29) is 17.6 Å². The van der Waals surface area contributed by atoms with E-state index in [9.17, 15) is 14.7 Å². The fraction of sp³-hybridized carbons (Fsp3) is 0.333. The van der Waals surface area contributed by atoms with Gasteiger partial charge in [-0.2, -0.15) is 0 Å². The number of hydrogen-bond acceptors (Lipinski definition) is 3. The van der Waals surface area contributed by atoms with Crippen LogP contribution in [0.25, 0.3) is 0 Å². The van der Waals surface area contributed by atoms with Gasteiger partial charge in [-0.1, -0.05) is 0 Å².